The summed E-state index contributed by atoms with van der Waals surface area (Å²) in [5, 5.41) is 8.89. The Balaban J connectivity index is 2.08. The van der Waals surface area contributed by atoms with Gasteiger partial charge in [-0.05, 0) is 67.1 Å². The Morgan fingerprint density at radius 3 is 1.96 bits per heavy atom. The first-order valence-electron chi connectivity index (χ1n) is 8.97. The Kier molecular flexibility index (Phi) is 6.67. The Hall–Kier alpha value is -3.29. The maximum atomic E-state index is 13.4. The van der Waals surface area contributed by atoms with Crippen LogP contribution in [0.1, 0.15) is 29.5 Å². The van der Waals surface area contributed by atoms with E-state index in [1.807, 2.05) is 24.3 Å². The molecule has 0 unspecified atom stereocenters. The largest absolute Gasteiger partial charge is 0.396 e. The first-order chi connectivity index (χ1) is 13.7. The fourth-order valence-corrected chi connectivity index (χ4v) is 2.63. The molecule has 0 heterocycles. The Morgan fingerprint density at radius 2 is 1.39 bits per heavy atom. The van der Waals surface area contributed by atoms with E-state index < -0.39 is 0 Å². The van der Waals surface area contributed by atoms with Crippen molar-refractivity contribution in [1.82, 2.24) is 0 Å². The number of halogens is 2. The molecule has 0 aromatic heterocycles. The summed E-state index contributed by atoms with van der Waals surface area (Å²) in [6.07, 6.45) is 1.21. The summed E-state index contributed by atoms with van der Waals surface area (Å²) in [4.78, 5) is 4.78. The van der Waals surface area contributed by atoms with Gasteiger partial charge in [0.15, 0.2) is 0 Å². The molecule has 0 atom stereocenters. The average Bonchev–Trinajstić information content (AvgIpc) is 2.72. The van der Waals surface area contributed by atoms with Gasteiger partial charge in [0.2, 0.25) is 0 Å². The molecule has 140 valence electrons. The first kappa shape index (κ1) is 19.5. The molecule has 0 spiro atoms. The molecule has 0 saturated carbocycles. The van der Waals surface area contributed by atoms with E-state index in [0.717, 1.165) is 16.7 Å². The van der Waals surface area contributed by atoms with Crippen molar-refractivity contribution in [2.45, 2.75) is 12.8 Å². The highest BCUT2D eigenvalue weighted by atomic mass is 19.1. The number of nitrogens with zero attached hydrogens (tertiary/aromatic N) is 1. The van der Waals surface area contributed by atoms with Gasteiger partial charge in [-0.25, -0.2) is 13.8 Å². The third-order valence-corrected chi connectivity index (χ3v) is 4.05. The maximum absolute atomic E-state index is 13.4. The molecule has 0 aliphatic carbocycles. The molecular formula is C24H19F2NO. The number of hydrogen-bond acceptors (Lipinski definition) is 2. The van der Waals surface area contributed by atoms with E-state index in [1.54, 1.807) is 24.3 Å². The number of para-hydroxylation sites is 1. The summed E-state index contributed by atoms with van der Waals surface area (Å²) in [6.45, 7) is 0.105. The zero-order valence-electron chi connectivity index (χ0n) is 15.2. The molecule has 0 aliphatic heterocycles. The smallest absolute Gasteiger partial charge is 0.123 e. The van der Waals surface area contributed by atoms with Crippen molar-refractivity contribution >= 4 is 11.4 Å². The minimum atomic E-state index is -0.336. The van der Waals surface area contributed by atoms with Gasteiger partial charge in [0, 0.05) is 24.2 Å². The van der Waals surface area contributed by atoms with Crippen molar-refractivity contribution < 1.29 is 13.9 Å². The average molecular weight is 375 g/mol. The van der Waals surface area contributed by atoms with Crippen LogP contribution in [-0.4, -0.2) is 17.4 Å². The van der Waals surface area contributed by atoms with E-state index in [-0.39, 0.29) is 18.2 Å². The molecule has 3 aromatic rings. The van der Waals surface area contributed by atoms with Gasteiger partial charge >= 0.3 is 0 Å². The summed E-state index contributed by atoms with van der Waals surface area (Å²) < 4.78 is 26.7. The molecule has 0 bridgehead atoms. The van der Waals surface area contributed by atoms with Gasteiger partial charge in [-0.3, -0.25) is 0 Å². The van der Waals surface area contributed by atoms with Gasteiger partial charge in [0.1, 0.15) is 11.6 Å². The number of unbranched alkanes of at least 4 members (excludes halogenated alkanes) is 1. The monoisotopic (exact) mass is 375 g/mol. The predicted octanol–water partition coefficient (Wildman–Crippen LogP) is 5.26. The normalized spacial score (nSPS) is 10.1. The topological polar surface area (TPSA) is 32.6 Å². The van der Waals surface area contributed by atoms with E-state index in [2.05, 4.69) is 11.8 Å². The molecule has 1 N–H and O–H groups in total. The lowest BCUT2D eigenvalue weighted by Gasteiger charge is -2.09. The summed E-state index contributed by atoms with van der Waals surface area (Å²) in [5.41, 5.74) is 3.46. The van der Waals surface area contributed by atoms with Gasteiger partial charge < -0.3 is 5.11 Å². The Morgan fingerprint density at radius 1 is 0.821 bits per heavy atom. The molecule has 28 heavy (non-hydrogen) atoms. The highest BCUT2D eigenvalue weighted by Crippen LogP contribution is 2.22. The molecule has 4 heteroatoms. The van der Waals surface area contributed by atoms with Gasteiger partial charge in [0.25, 0.3) is 0 Å². The van der Waals surface area contributed by atoms with Crippen LogP contribution >= 0.6 is 0 Å². The quantitative estimate of drug-likeness (QED) is 0.368. The molecular weight excluding hydrogens is 356 g/mol. The number of benzene rings is 3. The maximum Gasteiger partial charge on any atom is 0.123 e. The van der Waals surface area contributed by atoms with Crippen LogP contribution in [0.5, 0.6) is 0 Å². The number of aliphatic hydroxyl groups excluding tert-OH is 1. The van der Waals surface area contributed by atoms with Crippen molar-refractivity contribution in [1.29, 1.82) is 0 Å². The van der Waals surface area contributed by atoms with Crippen LogP contribution in [-0.2, 0) is 0 Å². The van der Waals surface area contributed by atoms with Crippen LogP contribution < -0.4 is 0 Å². The predicted molar refractivity (Wildman–Crippen MR) is 108 cm³/mol. The molecule has 0 amide bonds. The lowest BCUT2D eigenvalue weighted by molar-refractivity contribution is 0.290. The van der Waals surface area contributed by atoms with Crippen molar-refractivity contribution in [2.75, 3.05) is 6.61 Å². The third kappa shape index (κ3) is 5.12. The van der Waals surface area contributed by atoms with Gasteiger partial charge in [0.05, 0.1) is 17.0 Å². The van der Waals surface area contributed by atoms with Crippen LogP contribution in [0, 0.1) is 23.5 Å². The molecule has 0 aliphatic rings. The van der Waals surface area contributed by atoms with Gasteiger partial charge in [-0.1, -0.05) is 24.0 Å². The second kappa shape index (κ2) is 9.59. The molecule has 0 saturated heterocycles. The van der Waals surface area contributed by atoms with E-state index in [9.17, 15) is 8.78 Å². The second-order valence-electron chi connectivity index (χ2n) is 6.12. The second-order valence-corrected chi connectivity index (χ2v) is 6.12. The molecule has 0 fully saturated rings. The van der Waals surface area contributed by atoms with Gasteiger partial charge in [-0.2, -0.15) is 0 Å². The van der Waals surface area contributed by atoms with Crippen LogP contribution in [0.3, 0.4) is 0 Å². The van der Waals surface area contributed by atoms with Crippen molar-refractivity contribution in [3.05, 3.63) is 101 Å². The lowest BCUT2D eigenvalue weighted by atomic mass is 10.0. The van der Waals surface area contributed by atoms with Crippen molar-refractivity contribution in [3.8, 4) is 11.8 Å². The zero-order chi connectivity index (χ0) is 19.8. The highest BCUT2D eigenvalue weighted by Gasteiger charge is 2.09. The van der Waals surface area contributed by atoms with Crippen molar-refractivity contribution in [3.63, 3.8) is 0 Å². The van der Waals surface area contributed by atoms with E-state index >= 15 is 0 Å². The Bertz CT molecular complexity index is 965. The Labute approximate surface area is 163 Å². The molecule has 0 radical (unpaired) electrons. The fourth-order valence-electron chi connectivity index (χ4n) is 2.63. The van der Waals surface area contributed by atoms with Crippen LogP contribution in [0.25, 0.3) is 0 Å². The van der Waals surface area contributed by atoms with Crippen LogP contribution in [0.4, 0.5) is 14.5 Å². The first-order valence-corrected chi connectivity index (χ1v) is 8.97. The number of hydrogen-bond donors (Lipinski definition) is 1. The third-order valence-electron chi connectivity index (χ3n) is 4.05. The van der Waals surface area contributed by atoms with E-state index in [1.165, 1.54) is 24.3 Å². The zero-order valence-corrected chi connectivity index (χ0v) is 15.2. The van der Waals surface area contributed by atoms with E-state index in [0.29, 0.717) is 24.2 Å². The van der Waals surface area contributed by atoms with Crippen LogP contribution in [0.2, 0.25) is 0 Å². The summed E-state index contributed by atoms with van der Waals surface area (Å²) in [7, 11) is 0. The number of aliphatic imine (C=N–C) groups is 1. The minimum Gasteiger partial charge on any atom is -0.396 e. The molecule has 2 nitrogen and oxygen atoms in total. The van der Waals surface area contributed by atoms with Crippen molar-refractivity contribution in [2.24, 2.45) is 4.99 Å². The van der Waals surface area contributed by atoms with Gasteiger partial charge in [-0.15, -0.1) is 0 Å². The SMILES string of the molecule is OCCCC#Cc1ccccc1N=C(c1ccc(F)cc1)c1ccc(F)cc1. The standard InChI is InChI=1S/C24H19F2NO/c25-21-13-9-19(10-14-21)24(20-11-15-22(26)16-12-20)27-23-8-4-3-7-18(23)6-2-1-5-17-28/h3-4,7-16,28H,1,5,17H2. The molecule has 3 rings (SSSR count). The summed E-state index contributed by atoms with van der Waals surface area (Å²) >= 11 is 0. The minimum absolute atomic E-state index is 0.105. The summed E-state index contributed by atoms with van der Waals surface area (Å²) in [6, 6.07) is 19.5. The van der Waals surface area contributed by atoms with E-state index in [4.69, 9.17) is 10.1 Å². The fraction of sp³-hybridized carbons (Fsp3) is 0.125. The number of aliphatic hydroxyl groups is 1. The molecule has 3 aromatic carbocycles. The number of rotatable bonds is 5. The summed E-state index contributed by atoms with van der Waals surface area (Å²) in [5.74, 6) is 5.45. The highest BCUT2D eigenvalue weighted by molar-refractivity contribution is 6.14. The lowest BCUT2D eigenvalue weighted by Crippen LogP contribution is -2.03. The van der Waals surface area contributed by atoms with Crippen LogP contribution in [0.15, 0.2) is 77.8 Å².